The maximum atomic E-state index is 12.9. The molecular formula is C13H17F3N2O2S. The Kier molecular flexibility index (Phi) is 6.19. The second-order valence-electron chi connectivity index (χ2n) is 4.36. The van der Waals surface area contributed by atoms with E-state index in [1.807, 2.05) is 0 Å². The average molecular weight is 322 g/mol. The van der Waals surface area contributed by atoms with E-state index in [-0.39, 0.29) is 17.8 Å². The van der Waals surface area contributed by atoms with Crippen LogP contribution in [-0.4, -0.2) is 35.7 Å². The van der Waals surface area contributed by atoms with Gasteiger partial charge in [0.25, 0.3) is 5.91 Å². The molecule has 2 N–H and O–H groups in total. The van der Waals surface area contributed by atoms with Gasteiger partial charge in [-0.05, 0) is 18.6 Å². The Morgan fingerprint density at radius 1 is 1.33 bits per heavy atom. The fraction of sp³-hybridized carbons (Fsp3) is 0.462. The topological polar surface area (TPSA) is 58.2 Å². The van der Waals surface area contributed by atoms with Gasteiger partial charge in [0.2, 0.25) is 0 Å². The van der Waals surface area contributed by atoms with E-state index in [1.54, 1.807) is 6.26 Å². The molecule has 0 bridgehead atoms. The highest BCUT2D eigenvalue weighted by Gasteiger charge is 2.34. The minimum absolute atomic E-state index is 0.0649. The van der Waals surface area contributed by atoms with Crippen molar-refractivity contribution in [2.24, 2.45) is 0 Å². The highest BCUT2D eigenvalue weighted by Crippen LogP contribution is 2.36. The molecule has 8 heteroatoms. The van der Waals surface area contributed by atoms with Crippen molar-refractivity contribution in [1.82, 2.24) is 5.32 Å². The predicted octanol–water partition coefficient (Wildman–Crippen LogP) is 2.25. The summed E-state index contributed by atoms with van der Waals surface area (Å²) in [5.74, 6) is -0.158. The molecule has 0 aromatic heterocycles. The Morgan fingerprint density at radius 2 is 2.00 bits per heavy atom. The first-order valence-corrected chi connectivity index (χ1v) is 7.96. The second kappa shape index (κ2) is 7.44. The van der Waals surface area contributed by atoms with Crippen molar-refractivity contribution in [3.8, 4) is 0 Å². The molecule has 1 aromatic rings. The number of halogens is 3. The first-order valence-electron chi connectivity index (χ1n) is 6.23. The number of amides is 1. The predicted molar refractivity (Wildman–Crippen MR) is 76.9 cm³/mol. The molecule has 0 aliphatic heterocycles. The fourth-order valence-corrected chi connectivity index (χ4v) is 2.37. The Bertz CT molecular complexity index is 533. The van der Waals surface area contributed by atoms with Crippen LogP contribution in [0, 0.1) is 0 Å². The molecule has 0 spiro atoms. The van der Waals surface area contributed by atoms with Crippen LogP contribution in [0.15, 0.2) is 18.2 Å². The van der Waals surface area contributed by atoms with Crippen molar-refractivity contribution in [2.45, 2.75) is 12.6 Å². The third-order valence-corrected chi connectivity index (χ3v) is 3.62. The minimum Gasteiger partial charge on any atom is -0.387 e. The molecule has 1 amide bonds. The molecule has 0 saturated heterocycles. The lowest BCUT2D eigenvalue weighted by molar-refractivity contribution is -0.136. The van der Waals surface area contributed by atoms with Crippen molar-refractivity contribution in [1.29, 1.82) is 0 Å². The van der Waals surface area contributed by atoms with Gasteiger partial charge < -0.3 is 10.6 Å². The molecule has 0 aliphatic carbocycles. The summed E-state index contributed by atoms with van der Waals surface area (Å²) in [5.41, 5.74) is -1.20. The molecule has 118 valence electrons. The quantitative estimate of drug-likeness (QED) is 0.790. The number of carbonyl (C=O) groups excluding carboxylic acids is 1. The van der Waals surface area contributed by atoms with E-state index in [2.05, 4.69) is 10.6 Å². The lowest BCUT2D eigenvalue weighted by Gasteiger charge is -2.16. The maximum Gasteiger partial charge on any atom is 0.418 e. The average Bonchev–Trinajstić information content (AvgIpc) is 2.41. The van der Waals surface area contributed by atoms with E-state index in [4.69, 9.17) is 0 Å². The maximum absolute atomic E-state index is 12.9. The summed E-state index contributed by atoms with van der Waals surface area (Å²) in [4.78, 5) is 12.0. The second-order valence-corrected chi connectivity index (χ2v) is 5.92. The number of nitrogens with one attached hydrogen (secondary N) is 2. The van der Waals surface area contributed by atoms with Gasteiger partial charge >= 0.3 is 6.18 Å². The van der Waals surface area contributed by atoms with Gasteiger partial charge in [-0.15, -0.1) is 0 Å². The van der Waals surface area contributed by atoms with Crippen molar-refractivity contribution in [3.63, 3.8) is 0 Å². The van der Waals surface area contributed by atoms with Crippen molar-refractivity contribution in [2.75, 3.05) is 30.9 Å². The SMILES string of the molecule is CNc1c(C(=O)NCCCS(C)=O)cccc1C(F)(F)F. The molecule has 0 fully saturated rings. The highest BCUT2D eigenvalue weighted by atomic mass is 32.2. The molecule has 1 unspecified atom stereocenters. The number of alkyl halides is 3. The largest absolute Gasteiger partial charge is 0.418 e. The monoisotopic (exact) mass is 322 g/mol. The van der Waals surface area contributed by atoms with Gasteiger partial charge in [0.15, 0.2) is 0 Å². The van der Waals surface area contributed by atoms with Crippen LogP contribution in [0.4, 0.5) is 18.9 Å². The third-order valence-electron chi connectivity index (χ3n) is 2.76. The summed E-state index contributed by atoms with van der Waals surface area (Å²) < 4.78 is 49.5. The Labute approximate surface area is 123 Å². The first-order chi connectivity index (χ1) is 9.77. The number of hydrogen-bond donors (Lipinski definition) is 2. The molecule has 0 heterocycles. The molecule has 0 saturated carbocycles. The van der Waals surface area contributed by atoms with Gasteiger partial charge in [-0.1, -0.05) is 6.07 Å². The van der Waals surface area contributed by atoms with Crippen LogP contribution in [0.25, 0.3) is 0 Å². The van der Waals surface area contributed by atoms with E-state index in [1.165, 1.54) is 19.2 Å². The summed E-state index contributed by atoms with van der Waals surface area (Å²) in [6, 6.07) is 3.44. The molecule has 1 rings (SSSR count). The molecular weight excluding hydrogens is 305 g/mol. The zero-order valence-corrected chi connectivity index (χ0v) is 12.5. The zero-order chi connectivity index (χ0) is 16.0. The molecule has 0 radical (unpaired) electrons. The van der Waals surface area contributed by atoms with Crippen LogP contribution in [0.3, 0.4) is 0 Å². The lowest BCUT2D eigenvalue weighted by Crippen LogP contribution is -2.27. The standard InChI is InChI=1S/C13H17F3N2O2S/c1-17-11-9(5-3-6-10(11)13(14,15)16)12(19)18-7-4-8-21(2)20/h3,5-6,17H,4,7-8H2,1-2H3,(H,18,19). The zero-order valence-electron chi connectivity index (χ0n) is 11.7. The van der Waals surface area contributed by atoms with Crippen molar-refractivity contribution >= 4 is 22.4 Å². The summed E-state index contributed by atoms with van der Waals surface area (Å²) in [7, 11) is 0.376. The van der Waals surface area contributed by atoms with E-state index in [9.17, 15) is 22.2 Å². The van der Waals surface area contributed by atoms with Gasteiger partial charge in [-0.25, -0.2) is 0 Å². The van der Waals surface area contributed by atoms with E-state index >= 15 is 0 Å². The van der Waals surface area contributed by atoms with E-state index < -0.39 is 28.4 Å². The lowest BCUT2D eigenvalue weighted by atomic mass is 10.1. The fourth-order valence-electron chi connectivity index (χ4n) is 1.82. The summed E-state index contributed by atoms with van der Waals surface area (Å²) in [5, 5.41) is 4.96. The summed E-state index contributed by atoms with van der Waals surface area (Å²) in [6.07, 6.45) is -2.48. The minimum atomic E-state index is -4.53. The van der Waals surface area contributed by atoms with Gasteiger partial charge in [0.05, 0.1) is 16.8 Å². The van der Waals surface area contributed by atoms with Crippen LogP contribution < -0.4 is 10.6 Å². The van der Waals surface area contributed by atoms with Gasteiger partial charge in [0, 0.05) is 36.4 Å². The van der Waals surface area contributed by atoms with Crippen molar-refractivity contribution in [3.05, 3.63) is 29.3 Å². The van der Waals surface area contributed by atoms with Crippen LogP contribution in [0.5, 0.6) is 0 Å². The molecule has 4 nitrogen and oxygen atoms in total. The first kappa shape index (κ1) is 17.5. The number of benzene rings is 1. The highest BCUT2D eigenvalue weighted by molar-refractivity contribution is 7.84. The number of carbonyl (C=O) groups is 1. The number of para-hydroxylation sites is 1. The van der Waals surface area contributed by atoms with Gasteiger partial charge in [0.1, 0.15) is 0 Å². The van der Waals surface area contributed by atoms with Crippen LogP contribution in [-0.2, 0) is 17.0 Å². The Hall–Kier alpha value is -1.57. The number of rotatable bonds is 6. The van der Waals surface area contributed by atoms with Crippen LogP contribution in [0.1, 0.15) is 22.3 Å². The Balaban J connectivity index is 2.87. The number of hydrogen-bond acceptors (Lipinski definition) is 3. The molecule has 21 heavy (non-hydrogen) atoms. The summed E-state index contributed by atoms with van der Waals surface area (Å²) >= 11 is 0. The smallest absolute Gasteiger partial charge is 0.387 e. The number of anilines is 1. The van der Waals surface area contributed by atoms with Gasteiger partial charge in [-0.3, -0.25) is 9.00 Å². The van der Waals surface area contributed by atoms with Crippen LogP contribution in [0.2, 0.25) is 0 Å². The molecule has 0 aliphatic rings. The van der Waals surface area contributed by atoms with Crippen molar-refractivity contribution < 1.29 is 22.2 Å². The Morgan fingerprint density at radius 3 is 2.52 bits per heavy atom. The van der Waals surface area contributed by atoms with Gasteiger partial charge in [-0.2, -0.15) is 13.2 Å². The summed E-state index contributed by atoms with van der Waals surface area (Å²) in [6.45, 7) is 0.262. The third kappa shape index (κ3) is 5.04. The van der Waals surface area contributed by atoms with Crippen LogP contribution >= 0.6 is 0 Å². The van der Waals surface area contributed by atoms with E-state index in [0.29, 0.717) is 12.2 Å². The normalized spacial score (nSPS) is 12.8. The molecule has 1 atom stereocenters. The van der Waals surface area contributed by atoms with E-state index in [0.717, 1.165) is 6.07 Å². The molecule has 1 aromatic carbocycles.